The fourth-order valence-electron chi connectivity index (χ4n) is 3.70. The van der Waals surface area contributed by atoms with Crippen LogP contribution in [-0.2, 0) is 6.16 Å². The first-order valence-electron chi connectivity index (χ1n) is 9.22. The molecule has 0 spiro atoms. The maximum Gasteiger partial charge on any atom is 0.122 e. The van der Waals surface area contributed by atoms with Crippen LogP contribution in [0.25, 0.3) is 0 Å². The molecule has 0 heterocycles. The van der Waals surface area contributed by atoms with Crippen LogP contribution in [-0.4, -0.2) is 5.11 Å². The second-order valence-corrected chi connectivity index (χ2v) is 10.7. The van der Waals surface area contributed by atoms with E-state index in [9.17, 15) is 5.11 Å². The highest BCUT2D eigenvalue weighted by atomic mass is 79.9. The normalized spacial score (nSPS) is 10.9. The van der Waals surface area contributed by atoms with Gasteiger partial charge in [-0.2, -0.15) is 0 Å². The summed E-state index contributed by atoms with van der Waals surface area (Å²) >= 11 is 6.28. The van der Waals surface area contributed by atoms with Gasteiger partial charge in [-0.25, -0.2) is 0 Å². The van der Waals surface area contributed by atoms with E-state index in [0.717, 1.165) is 5.56 Å². The molecular formula is C25H21BrClOP. The Kier molecular flexibility index (Phi) is 7.14. The molecule has 29 heavy (non-hydrogen) atoms. The molecule has 0 aliphatic rings. The molecular weight excluding hydrogens is 463 g/mol. The first kappa shape index (κ1) is 21.6. The Labute approximate surface area is 188 Å². The van der Waals surface area contributed by atoms with Gasteiger partial charge in [0.2, 0.25) is 0 Å². The molecule has 0 aliphatic carbocycles. The molecule has 0 saturated heterocycles. The fraction of sp³-hybridized carbons (Fsp3) is 0.0400. The molecule has 146 valence electrons. The Morgan fingerprint density at radius 2 is 1.03 bits per heavy atom. The Bertz CT molecular complexity index is 959. The number of phenols is 1. The largest absolute Gasteiger partial charge is 1.00 e. The third kappa shape index (κ3) is 4.41. The molecule has 0 fully saturated rings. The maximum atomic E-state index is 10.6. The quantitative estimate of drug-likeness (QED) is 0.433. The summed E-state index contributed by atoms with van der Waals surface area (Å²) in [5.41, 5.74) is 0.873. The van der Waals surface area contributed by atoms with Crippen LogP contribution in [0.4, 0.5) is 0 Å². The Morgan fingerprint density at radius 3 is 1.45 bits per heavy atom. The van der Waals surface area contributed by atoms with Gasteiger partial charge in [0.05, 0.1) is 0 Å². The standard InChI is InChI=1S/C25H20ClOP.BrH/c26-21-16-17-25(27)20(18-21)19-28(22-10-4-1-5-11-22,23-12-6-2-7-13-23)24-14-8-3-9-15-24;/h1-18H,19H2;1H. The van der Waals surface area contributed by atoms with Crippen LogP contribution < -0.4 is 32.9 Å². The molecule has 0 radical (unpaired) electrons. The summed E-state index contributed by atoms with van der Waals surface area (Å²) in [4.78, 5) is 0. The average Bonchev–Trinajstić information content (AvgIpc) is 2.76. The number of benzene rings is 4. The summed E-state index contributed by atoms with van der Waals surface area (Å²) in [5.74, 6) is 0.288. The minimum atomic E-state index is -2.04. The van der Waals surface area contributed by atoms with Crippen molar-refractivity contribution < 1.29 is 22.1 Å². The van der Waals surface area contributed by atoms with E-state index in [1.807, 2.05) is 24.3 Å². The van der Waals surface area contributed by atoms with Gasteiger partial charge in [-0.1, -0.05) is 66.2 Å². The second-order valence-electron chi connectivity index (χ2n) is 6.75. The van der Waals surface area contributed by atoms with Gasteiger partial charge in [-0.05, 0) is 54.6 Å². The van der Waals surface area contributed by atoms with Gasteiger partial charge in [0, 0.05) is 10.6 Å². The SMILES string of the molecule is Oc1ccc(Cl)cc1C[P+](c1ccccc1)(c1ccccc1)c1ccccc1.[Br-]. The summed E-state index contributed by atoms with van der Waals surface area (Å²) in [6.45, 7) is 0. The smallest absolute Gasteiger partial charge is 0.122 e. The highest BCUT2D eigenvalue weighted by Crippen LogP contribution is 2.59. The molecule has 4 heteroatoms. The zero-order chi connectivity index (χ0) is 19.4. The zero-order valence-electron chi connectivity index (χ0n) is 15.7. The van der Waals surface area contributed by atoms with E-state index < -0.39 is 7.26 Å². The minimum absolute atomic E-state index is 0. The summed E-state index contributed by atoms with van der Waals surface area (Å²) < 4.78 is 0. The Morgan fingerprint density at radius 1 is 0.621 bits per heavy atom. The average molecular weight is 484 g/mol. The molecule has 4 aromatic carbocycles. The summed E-state index contributed by atoms with van der Waals surface area (Å²) in [6.07, 6.45) is 0.706. The van der Waals surface area contributed by atoms with Crippen LogP contribution in [0.15, 0.2) is 109 Å². The lowest BCUT2D eigenvalue weighted by Crippen LogP contribution is -3.00. The number of hydrogen-bond donors (Lipinski definition) is 1. The van der Waals surface area contributed by atoms with E-state index >= 15 is 0 Å². The molecule has 0 aromatic heterocycles. The van der Waals surface area contributed by atoms with E-state index in [2.05, 4.69) is 72.8 Å². The van der Waals surface area contributed by atoms with E-state index in [1.54, 1.807) is 12.1 Å². The lowest BCUT2D eigenvalue weighted by molar-refractivity contribution is -0.00000631. The number of aromatic hydroxyl groups is 1. The first-order valence-corrected chi connectivity index (χ1v) is 11.6. The lowest BCUT2D eigenvalue weighted by Gasteiger charge is -2.28. The first-order chi connectivity index (χ1) is 13.7. The van der Waals surface area contributed by atoms with Crippen LogP contribution >= 0.6 is 18.9 Å². The van der Waals surface area contributed by atoms with Gasteiger partial charge in [-0.3, -0.25) is 0 Å². The van der Waals surface area contributed by atoms with E-state index in [0.29, 0.717) is 11.2 Å². The fourth-order valence-corrected chi connectivity index (χ4v) is 8.15. The Balaban J connectivity index is 0.00000240. The van der Waals surface area contributed by atoms with Crippen molar-refractivity contribution in [2.45, 2.75) is 6.16 Å². The van der Waals surface area contributed by atoms with Crippen molar-refractivity contribution in [3.63, 3.8) is 0 Å². The molecule has 0 amide bonds. The predicted molar refractivity (Wildman–Crippen MR) is 122 cm³/mol. The van der Waals surface area contributed by atoms with Crippen molar-refractivity contribution in [3.8, 4) is 5.75 Å². The van der Waals surface area contributed by atoms with Crippen LogP contribution in [0.5, 0.6) is 5.75 Å². The molecule has 1 nitrogen and oxygen atoms in total. The monoisotopic (exact) mass is 482 g/mol. The van der Waals surface area contributed by atoms with Crippen molar-refractivity contribution >= 4 is 34.8 Å². The van der Waals surface area contributed by atoms with Crippen LogP contribution in [0.3, 0.4) is 0 Å². The van der Waals surface area contributed by atoms with Crippen molar-refractivity contribution in [2.24, 2.45) is 0 Å². The van der Waals surface area contributed by atoms with Gasteiger partial charge < -0.3 is 22.1 Å². The highest BCUT2D eigenvalue weighted by Gasteiger charge is 2.45. The topological polar surface area (TPSA) is 20.2 Å². The van der Waals surface area contributed by atoms with Gasteiger partial charge in [0.25, 0.3) is 0 Å². The summed E-state index contributed by atoms with van der Waals surface area (Å²) in [6, 6.07) is 37.2. The summed E-state index contributed by atoms with van der Waals surface area (Å²) in [5, 5.41) is 15.1. The van der Waals surface area contributed by atoms with E-state index in [4.69, 9.17) is 11.6 Å². The molecule has 1 N–H and O–H groups in total. The van der Waals surface area contributed by atoms with Crippen LogP contribution in [0.2, 0.25) is 5.02 Å². The lowest BCUT2D eigenvalue weighted by atomic mass is 10.2. The molecule has 0 saturated carbocycles. The Hall–Kier alpha value is -2.12. The maximum absolute atomic E-state index is 10.6. The molecule has 0 bridgehead atoms. The third-order valence-corrected chi connectivity index (χ3v) is 9.63. The van der Waals surface area contributed by atoms with Gasteiger partial charge in [0.15, 0.2) is 0 Å². The number of rotatable bonds is 5. The van der Waals surface area contributed by atoms with E-state index in [1.165, 1.54) is 15.9 Å². The van der Waals surface area contributed by atoms with Gasteiger partial charge in [-0.15, -0.1) is 0 Å². The van der Waals surface area contributed by atoms with Crippen molar-refractivity contribution in [1.29, 1.82) is 0 Å². The highest BCUT2D eigenvalue weighted by molar-refractivity contribution is 7.95. The van der Waals surface area contributed by atoms with Gasteiger partial charge in [0.1, 0.15) is 35.1 Å². The van der Waals surface area contributed by atoms with Crippen molar-refractivity contribution in [2.75, 3.05) is 0 Å². The number of phenolic OH excluding ortho intramolecular Hbond substituents is 1. The van der Waals surface area contributed by atoms with Crippen LogP contribution in [0, 0.1) is 0 Å². The van der Waals surface area contributed by atoms with E-state index in [-0.39, 0.29) is 22.7 Å². The predicted octanol–water partition coefficient (Wildman–Crippen LogP) is 2.54. The second kappa shape index (κ2) is 9.59. The number of hydrogen-bond acceptors (Lipinski definition) is 1. The van der Waals surface area contributed by atoms with Crippen LogP contribution in [0.1, 0.15) is 5.56 Å². The molecule has 4 aromatic rings. The molecule has 0 atom stereocenters. The summed E-state index contributed by atoms with van der Waals surface area (Å²) in [7, 11) is -2.04. The number of halogens is 2. The third-order valence-electron chi connectivity index (χ3n) is 5.04. The molecule has 0 unspecified atom stereocenters. The van der Waals surface area contributed by atoms with Gasteiger partial charge >= 0.3 is 0 Å². The van der Waals surface area contributed by atoms with Crippen molar-refractivity contribution in [3.05, 3.63) is 120 Å². The molecule has 4 rings (SSSR count). The molecule has 0 aliphatic heterocycles. The van der Waals surface area contributed by atoms with Crippen molar-refractivity contribution in [1.82, 2.24) is 0 Å². The minimum Gasteiger partial charge on any atom is -1.00 e. The zero-order valence-corrected chi connectivity index (χ0v) is 19.0.